The van der Waals surface area contributed by atoms with Gasteiger partial charge in [-0.05, 0) is 67.5 Å². The maximum absolute atomic E-state index is 11.3. The second kappa shape index (κ2) is 8.05. The minimum absolute atomic E-state index is 0.258. The average molecular weight is 378 g/mol. The van der Waals surface area contributed by atoms with Crippen molar-refractivity contribution in [2.45, 2.75) is 51.6 Å². The lowest BCUT2D eigenvalue weighted by molar-refractivity contribution is -0.141. The van der Waals surface area contributed by atoms with E-state index in [9.17, 15) is 9.90 Å². The molecule has 0 saturated heterocycles. The summed E-state index contributed by atoms with van der Waals surface area (Å²) in [6.07, 6.45) is 8.49. The van der Waals surface area contributed by atoms with Gasteiger partial charge in [0.15, 0.2) is 0 Å². The molecule has 1 aromatic heterocycles. The van der Waals surface area contributed by atoms with E-state index in [4.69, 9.17) is 4.74 Å². The number of aromatic amines is 1. The lowest BCUT2D eigenvalue weighted by Gasteiger charge is -2.25. The van der Waals surface area contributed by atoms with E-state index in [1.165, 1.54) is 19.3 Å². The Morgan fingerprint density at radius 1 is 1.21 bits per heavy atom. The van der Waals surface area contributed by atoms with Crippen molar-refractivity contribution in [3.05, 3.63) is 48.2 Å². The Morgan fingerprint density at radius 3 is 2.82 bits per heavy atom. The number of hydrogen-bond acceptors (Lipinski definition) is 3. The van der Waals surface area contributed by atoms with Crippen molar-refractivity contribution in [3.63, 3.8) is 0 Å². The monoisotopic (exact) mass is 378 g/mol. The first-order valence-corrected chi connectivity index (χ1v) is 10.1. The predicted molar refractivity (Wildman–Crippen MR) is 110 cm³/mol. The van der Waals surface area contributed by atoms with Gasteiger partial charge in [0.25, 0.3) is 0 Å². The maximum atomic E-state index is 11.3. The van der Waals surface area contributed by atoms with E-state index in [1.54, 1.807) is 6.92 Å². The van der Waals surface area contributed by atoms with Crippen molar-refractivity contribution in [3.8, 4) is 16.9 Å². The van der Waals surface area contributed by atoms with Crippen LogP contribution in [0.4, 0.5) is 0 Å². The number of carbonyl (C=O) groups is 1. The van der Waals surface area contributed by atoms with E-state index in [2.05, 4.69) is 28.4 Å². The van der Waals surface area contributed by atoms with Gasteiger partial charge in [-0.2, -0.15) is 5.10 Å². The number of aromatic nitrogens is 2. The van der Waals surface area contributed by atoms with Gasteiger partial charge in [0.2, 0.25) is 0 Å². The predicted octanol–water partition coefficient (Wildman–Crippen LogP) is 5.20. The number of carboxylic acid groups (broad SMARTS) is 1. The number of rotatable bonds is 6. The average Bonchev–Trinajstić information content (AvgIpc) is 3.17. The van der Waals surface area contributed by atoms with Gasteiger partial charge in [0, 0.05) is 10.9 Å². The van der Waals surface area contributed by atoms with E-state index in [0.717, 1.165) is 46.2 Å². The standard InChI is InChI=1S/C23H26N2O3/c1-15(23(26)27)11-16-7-10-22(28-19-5-3-2-4-6-19)20(12-16)17-8-9-21-18(13-17)14-24-25-21/h7-10,12-15,19H,2-6,11H2,1H3,(H,24,25)(H,26,27). The summed E-state index contributed by atoms with van der Waals surface area (Å²) in [5.41, 5.74) is 4.08. The molecule has 1 heterocycles. The highest BCUT2D eigenvalue weighted by atomic mass is 16.5. The first-order chi connectivity index (χ1) is 13.6. The maximum Gasteiger partial charge on any atom is 0.306 e. The summed E-state index contributed by atoms with van der Waals surface area (Å²) in [5, 5.41) is 17.4. The molecule has 0 spiro atoms. The van der Waals surface area contributed by atoms with E-state index in [-0.39, 0.29) is 6.10 Å². The summed E-state index contributed by atoms with van der Waals surface area (Å²) < 4.78 is 6.40. The molecule has 3 aromatic rings. The molecule has 1 unspecified atom stereocenters. The van der Waals surface area contributed by atoms with Crippen LogP contribution in [0.5, 0.6) is 5.75 Å². The first kappa shape index (κ1) is 18.5. The molecule has 0 radical (unpaired) electrons. The molecular formula is C23H26N2O3. The molecule has 1 fully saturated rings. The number of nitrogens with one attached hydrogen (secondary N) is 1. The van der Waals surface area contributed by atoms with Crippen molar-refractivity contribution in [1.29, 1.82) is 0 Å². The lowest BCUT2D eigenvalue weighted by atomic mass is 9.95. The topological polar surface area (TPSA) is 75.2 Å². The number of carboxylic acids is 1. The van der Waals surface area contributed by atoms with Crippen molar-refractivity contribution in [2.75, 3.05) is 0 Å². The first-order valence-electron chi connectivity index (χ1n) is 10.1. The van der Waals surface area contributed by atoms with Crippen LogP contribution in [-0.4, -0.2) is 27.4 Å². The number of aliphatic carboxylic acids is 1. The zero-order valence-electron chi connectivity index (χ0n) is 16.1. The molecule has 1 aliphatic rings. The van der Waals surface area contributed by atoms with Crippen LogP contribution in [0.25, 0.3) is 22.0 Å². The molecule has 5 heteroatoms. The van der Waals surface area contributed by atoms with Gasteiger partial charge < -0.3 is 9.84 Å². The minimum atomic E-state index is -0.774. The second-order valence-electron chi connectivity index (χ2n) is 7.82. The van der Waals surface area contributed by atoms with E-state index >= 15 is 0 Å². The van der Waals surface area contributed by atoms with Crippen LogP contribution >= 0.6 is 0 Å². The molecule has 28 heavy (non-hydrogen) atoms. The lowest BCUT2D eigenvalue weighted by Crippen LogP contribution is -2.20. The van der Waals surface area contributed by atoms with Crippen LogP contribution in [-0.2, 0) is 11.2 Å². The van der Waals surface area contributed by atoms with Crippen molar-refractivity contribution in [2.24, 2.45) is 5.92 Å². The highest BCUT2D eigenvalue weighted by Crippen LogP contribution is 2.35. The number of ether oxygens (including phenoxy) is 1. The Bertz CT molecular complexity index is 973. The van der Waals surface area contributed by atoms with Gasteiger partial charge in [-0.3, -0.25) is 9.89 Å². The van der Waals surface area contributed by atoms with Crippen molar-refractivity contribution >= 4 is 16.9 Å². The van der Waals surface area contributed by atoms with Gasteiger partial charge in [-0.1, -0.05) is 25.5 Å². The molecular weight excluding hydrogens is 352 g/mol. The number of benzene rings is 2. The minimum Gasteiger partial charge on any atom is -0.490 e. The van der Waals surface area contributed by atoms with Gasteiger partial charge in [-0.25, -0.2) is 0 Å². The molecule has 2 aromatic carbocycles. The molecule has 0 amide bonds. The summed E-state index contributed by atoms with van der Waals surface area (Å²) in [6.45, 7) is 1.74. The highest BCUT2D eigenvalue weighted by Gasteiger charge is 2.19. The molecule has 0 bridgehead atoms. The highest BCUT2D eigenvalue weighted by molar-refractivity contribution is 5.85. The van der Waals surface area contributed by atoms with Crippen LogP contribution in [0.2, 0.25) is 0 Å². The molecule has 2 N–H and O–H groups in total. The van der Waals surface area contributed by atoms with Crippen molar-refractivity contribution in [1.82, 2.24) is 10.2 Å². The molecule has 1 atom stereocenters. The normalized spacial score (nSPS) is 16.2. The fourth-order valence-electron chi connectivity index (χ4n) is 3.95. The molecule has 1 saturated carbocycles. The summed E-state index contributed by atoms with van der Waals surface area (Å²) in [6, 6.07) is 12.3. The molecule has 146 valence electrons. The summed E-state index contributed by atoms with van der Waals surface area (Å²) in [7, 11) is 0. The van der Waals surface area contributed by atoms with Gasteiger partial charge in [0.05, 0.1) is 23.7 Å². The SMILES string of the molecule is CC(Cc1ccc(OC2CCCCC2)c(-c2ccc3[nH]ncc3c2)c1)C(=O)O. The Kier molecular flexibility index (Phi) is 5.33. The Labute approximate surface area is 164 Å². The fraction of sp³-hybridized carbons (Fsp3) is 0.391. The summed E-state index contributed by atoms with van der Waals surface area (Å²) >= 11 is 0. The summed E-state index contributed by atoms with van der Waals surface area (Å²) in [4.78, 5) is 11.3. The molecule has 0 aliphatic heterocycles. The number of hydrogen-bond donors (Lipinski definition) is 2. The van der Waals surface area contributed by atoms with E-state index < -0.39 is 11.9 Å². The largest absolute Gasteiger partial charge is 0.490 e. The summed E-state index contributed by atoms with van der Waals surface area (Å²) in [5.74, 6) is -0.320. The van der Waals surface area contributed by atoms with Gasteiger partial charge in [-0.15, -0.1) is 0 Å². The van der Waals surface area contributed by atoms with Crippen LogP contribution in [0.3, 0.4) is 0 Å². The van der Waals surface area contributed by atoms with Gasteiger partial charge >= 0.3 is 5.97 Å². The smallest absolute Gasteiger partial charge is 0.306 e. The van der Waals surface area contributed by atoms with Crippen LogP contribution in [0, 0.1) is 5.92 Å². The second-order valence-corrected chi connectivity index (χ2v) is 7.82. The molecule has 5 nitrogen and oxygen atoms in total. The Hall–Kier alpha value is -2.82. The third-order valence-electron chi connectivity index (χ3n) is 5.60. The van der Waals surface area contributed by atoms with E-state index in [0.29, 0.717) is 6.42 Å². The Morgan fingerprint density at radius 2 is 2.04 bits per heavy atom. The van der Waals surface area contributed by atoms with Crippen molar-refractivity contribution < 1.29 is 14.6 Å². The zero-order valence-corrected chi connectivity index (χ0v) is 16.1. The van der Waals surface area contributed by atoms with Crippen LogP contribution < -0.4 is 4.74 Å². The fourth-order valence-corrected chi connectivity index (χ4v) is 3.95. The Balaban J connectivity index is 1.70. The van der Waals surface area contributed by atoms with Crippen LogP contribution in [0.1, 0.15) is 44.6 Å². The number of H-pyrrole nitrogens is 1. The van der Waals surface area contributed by atoms with E-state index in [1.807, 2.05) is 24.4 Å². The quantitative estimate of drug-likeness (QED) is 0.618. The third-order valence-corrected chi connectivity index (χ3v) is 5.60. The molecule has 1 aliphatic carbocycles. The molecule has 4 rings (SSSR count). The van der Waals surface area contributed by atoms with Crippen LogP contribution in [0.15, 0.2) is 42.6 Å². The third kappa shape index (κ3) is 4.03. The number of fused-ring (bicyclic) bond motifs is 1. The number of nitrogens with zero attached hydrogens (tertiary/aromatic N) is 1. The van der Waals surface area contributed by atoms with Gasteiger partial charge in [0.1, 0.15) is 5.75 Å². The zero-order chi connectivity index (χ0) is 19.5.